The van der Waals surface area contributed by atoms with E-state index in [0.29, 0.717) is 0 Å². The molecule has 0 spiro atoms. The summed E-state index contributed by atoms with van der Waals surface area (Å²) in [6, 6.07) is 0. The first-order chi connectivity index (χ1) is 4.09. The summed E-state index contributed by atoms with van der Waals surface area (Å²) in [5.74, 6) is -0.489. The van der Waals surface area contributed by atoms with Crippen molar-refractivity contribution in [2.45, 2.75) is 0 Å². The molecule has 0 aromatic heterocycles. The second-order valence-corrected chi connectivity index (χ2v) is 2.48. The van der Waals surface area contributed by atoms with Gasteiger partial charge in [0, 0.05) is 7.05 Å². The molecule has 0 atom stereocenters. The van der Waals surface area contributed by atoms with Crippen molar-refractivity contribution in [1.82, 2.24) is 5.32 Å². The molecular formula is C4H4Cl3NO. The van der Waals surface area contributed by atoms with Crippen LogP contribution >= 0.6 is 34.8 Å². The van der Waals surface area contributed by atoms with Crippen molar-refractivity contribution in [2.24, 2.45) is 0 Å². The molecule has 5 heteroatoms. The Kier molecular flexibility index (Phi) is 4.02. The quantitative estimate of drug-likeness (QED) is 0.623. The maximum atomic E-state index is 10.5. The summed E-state index contributed by atoms with van der Waals surface area (Å²) in [6.07, 6.45) is 0. The van der Waals surface area contributed by atoms with Crippen LogP contribution in [0.3, 0.4) is 0 Å². The fraction of sp³-hybridized carbons (Fsp3) is 0.250. The van der Waals surface area contributed by atoms with E-state index in [4.69, 9.17) is 34.8 Å². The smallest absolute Gasteiger partial charge is 0.265 e. The van der Waals surface area contributed by atoms with Crippen molar-refractivity contribution < 1.29 is 4.79 Å². The van der Waals surface area contributed by atoms with Gasteiger partial charge in [0.1, 0.15) is 9.52 Å². The third-order valence-corrected chi connectivity index (χ3v) is 1.52. The van der Waals surface area contributed by atoms with E-state index in [0.717, 1.165) is 0 Å². The minimum absolute atomic E-state index is 0.194. The van der Waals surface area contributed by atoms with Crippen LogP contribution in [-0.4, -0.2) is 13.0 Å². The Labute approximate surface area is 67.8 Å². The monoisotopic (exact) mass is 187 g/mol. The number of nitrogens with one attached hydrogen (secondary N) is 1. The molecule has 0 rings (SSSR count). The molecule has 2 nitrogen and oxygen atoms in total. The molecule has 0 aliphatic rings. The lowest BCUT2D eigenvalue weighted by molar-refractivity contribution is -0.116. The van der Waals surface area contributed by atoms with Crippen LogP contribution in [0.2, 0.25) is 0 Å². The molecule has 0 aromatic carbocycles. The van der Waals surface area contributed by atoms with Gasteiger partial charge in [0.15, 0.2) is 0 Å². The van der Waals surface area contributed by atoms with Crippen LogP contribution in [0.15, 0.2) is 9.52 Å². The average molecular weight is 188 g/mol. The Morgan fingerprint density at radius 2 is 1.78 bits per heavy atom. The molecule has 0 aliphatic heterocycles. The normalized spacial score (nSPS) is 8.44. The van der Waals surface area contributed by atoms with Gasteiger partial charge in [-0.25, -0.2) is 0 Å². The van der Waals surface area contributed by atoms with E-state index in [9.17, 15) is 4.79 Å². The van der Waals surface area contributed by atoms with Gasteiger partial charge in [-0.15, -0.1) is 0 Å². The van der Waals surface area contributed by atoms with Gasteiger partial charge in [0.25, 0.3) is 5.91 Å². The van der Waals surface area contributed by atoms with Crippen molar-refractivity contribution in [2.75, 3.05) is 7.05 Å². The molecule has 0 fully saturated rings. The molecule has 0 radical (unpaired) electrons. The summed E-state index contributed by atoms with van der Waals surface area (Å²) >= 11 is 15.6. The first-order valence-electron chi connectivity index (χ1n) is 2.02. The minimum Gasteiger partial charge on any atom is -0.354 e. The summed E-state index contributed by atoms with van der Waals surface area (Å²) in [6.45, 7) is 0. The number of likely N-dealkylation sites (N-methyl/N-ethyl adjacent to an activating group) is 1. The summed E-state index contributed by atoms with van der Waals surface area (Å²) in [5.41, 5.74) is 0. The zero-order chi connectivity index (χ0) is 7.44. The van der Waals surface area contributed by atoms with E-state index in [1.165, 1.54) is 7.05 Å². The molecule has 0 heterocycles. The second kappa shape index (κ2) is 3.99. The third-order valence-electron chi connectivity index (χ3n) is 0.592. The SMILES string of the molecule is CNC(=O)C(Cl)=C(Cl)Cl. The topological polar surface area (TPSA) is 29.1 Å². The van der Waals surface area contributed by atoms with Gasteiger partial charge in [-0.2, -0.15) is 0 Å². The van der Waals surface area contributed by atoms with Gasteiger partial charge in [-0.05, 0) is 0 Å². The molecule has 1 N–H and O–H groups in total. The van der Waals surface area contributed by atoms with Gasteiger partial charge in [0.2, 0.25) is 0 Å². The highest BCUT2D eigenvalue weighted by molar-refractivity contribution is 6.62. The predicted molar refractivity (Wildman–Crippen MR) is 38.7 cm³/mol. The molecular weight excluding hydrogens is 184 g/mol. The van der Waals surface area contributed by atoms with Gasteiger partial charge >= 0.3 is 0 Å². The molecule has 52 valence electrons. The number of halogens is 3. The zero-order valence-electron chi connectivity index (χ0n) is 4.54. The Morgan fingerprint density at radius 3 is 1.89 bits per heavy atom. The molecule has 0 aliphatic carbocycles. The predicted octanol–water partition coefficient (Wildman–Crippen LogP) is 1.62. The Morgan fingerprint density at radius 1 is 1.33 bits per heavy atom. The van der Waals surface area contributed by atoms with Crippen molar-refractivity contribution >= 4 is 40.7 Å². The summed E-state index contributed by atoms with van der Waals surface area (Å²) < 4.78 is -0.226. The van der Waals surface area contributed by atoms with E-state index in [2.05, 4.69) is 5.32 Å². The molecule has 0 bridgehead atoms. The molecule has 0 aromatic rings. The Balaban J connectivity index is 4.21. The number of hydrogen-bond donors (Lipinski definition) is 1. The summed E-state index contributed by atoms with van der Waals surface area (Å²) in [5, 5.41) is 2.05. The van der Waals surface area contributed by atoms with E-state index in [1.807, 2.05) is 0 Å². The summed E-state index contributed by atoms with van der Waals surface area (Å²) in [7, 11) is 1.43. The molecule has 9 heavy (non-hydrogen) atoms. The van der Waals surface area contributed by atoms with Crippen molar-refractivity contribution in [3.05, 3.63) is 9.52 Å². The van der Waals surface area contributed by atoms with Crippen LogP contribution in [0.4, 0.5) is 0 Å². The van der Waals surface area contributed by atoms with E-state index >= 15 is 0 Å². The fourth-order valence-corrected chi connectivity index (χ4v) is 0.462. The number of carbonyl (C=O) groups excluding carboxylic acids is 1. The third kappa shape index (κ3) is 2.94. The van der Waals surface area contributed by atoms with Crippen LogP contribution in [0, 0.1) is 0 Å². The average Bonchev–Trinajstić information content (AvgIpc) is 1.84. The summed E-state index contributed by atoms with van der Waals surface area (Å²) in [4.78, 5) is 10.5. The molecule has 0 saturated carbocycles. The Hall–Kier alpha value is 0.0800. The number of hydrogen-bond acceptors (Lipinski definition) is 1. The second-order valence-electron chi connectivity index (χ2n) is 1.15. The van der Waals surface area contributed by atoms with Gasteiger partial charge < -0.3 is 5.32 Å². The lowest BCUT2D eigenvalue weighted by Crippen LogP contribution is -2.17. The number of carbonyl (C=O) groups is 1. The van der Waals surface area contributed by atoms with Gasteiger partial charge in [-0.3, -0.25) is 4.79 Å². The number of rotatable bonds is 1. The molecule has 0 unspecified atom stereocenters. The fourth-order valence-electron chi connectivity index (χ4n) is 0.196. The van der Waals surface area contributed by atoms with Crippen molar-refractivity contribution in [3.63, 3.8) is 0 Å². The van der Waals surface area contributed by atoms with Crippen LogP contribution in [0.25, 0.3) is 0 Å². The highest BCUT2D eigenvalue weighted by Crippen LogP contribution is 2.16. The number of amides is 1. The standard InChI is InChI=1S/C4H4Cl3NO/c1-8-4(9)2(5)3(6)7/h1H3,(H,8,9). The highest BCUT2D eigenvalue weighted by atomic mass is 35.5. The maximum Gasteiger partial charge on any atom is 0.265 e. The van der Waals surface area contributed by atoms with E-state index in [1.54, 1.807) is 0 Å². The lowest BCUT2D eigenvalue weighted by Gasteiger charge is -1.94. The minimum atomic E-state index is -0.489. The maximum absolute atomic E-state index is 10.5. The molecule has 1 amide bonds. The molecule has 0 saturated heterocycles. The van der Waals surface area contributed by atoms with E-state index in [-0.39, 0.29) is 9.52 Å². The van der Waals surface area contributed by atoms with Crippen LogP contribution in [0.5, 0.6) is 0 Å². The first kappa shape index (κ1) is 9.08. The van der Waals surface area contributed by atoms with Crippen LogP contribution in [-0.2, 0) is 4.79 Å². The van der Waals surface area contributed by atoms with Crippen LogP contribution < -0.4 is 5.32 Å². The highest BCUT2D eigenvalue weighted by Gasteiger charge is 2.06. The van der Waals surface area contributed by atoms with E-state index < -0.39 is 5.91 Å². The van der Waals surface area contributed by atoms with Gasteiger partial charge in [0.05, 0.1) is 0 Å². The zero-order valence-corrected chi connectivity index (χ0v) is 6.81. The lowest BCUT2D eigenvalue weighted by atomic mass is 10.6. The Bertz CT molecular complexity index is 150. The van der Waals surface area contributed by atoms with Crippen molar-refractivity contribution in [1.29, 1.82) is 0 Å². The van der Waals surface area contributed by atoms with Crippen molar-refractivity contribution in [3.8, 4) is 0 Å². The first-order valence-corrected chi connectivity index (χ1v) is 3.15. The van der Waals surface area contributed by atoms with Crippen LogP contribution in [0.1, 0.15) is 0 Å². The van der Waals surface area contributed by atoms with Gasteiger partial charge in [-0.1, -0.05) is 34.8 Å². The largest absolute Gasteiger partial charge is 0.354 e.